The number of para-hydroxylation sites is 1. The van der Waals surface area contributed by atoms with Crippen molar-refractivity contribution in [3.05, 3.63) is 91.4 Å². The summed E-state index contributed by atoms with van der Waals surface area (Å²) in [6, 6.07) is 18.5. The van der Waals surface area contributed by atoms with E-state index in [9.17, 15) is 13.2 Å². The normalized spacial score (nSPS) is 11.6. The molecule has 0 aliphatic carbocycles. The molecule has 0 saturated carbocycles. The highest BCUT2D eigenvalue weighted by molar-refractivity contribution is 7.91. The van der Waals surface area contributed by atoms with E-state index in [4.69, 9.17) is 4.42 Å². The van der Waals surface area contributed by atoms with Gasteiger partial charge in [-0.3, -0.25) is 4.79 Å². The number of furan rings is 1. The van der Waals surface area contributed by atoms with Crippen LogP contribution in [0, 0.1) is 0 Å². The van der Waals surface area contributed by atoms with Gasteiger partial charge in [-0.1, -0.05) is 42.5 Å². The molecule has 5 aromatic rings. The molecule has 1 amide bonds. The Morgan fingerprint density at radius 2 is 1.79 bits per heavy atom. The first-order chi connectivity index (χ1) is 16.0. The second-order valence-corrected chi connectivity index (χ2v) is 9.06. The van der Waals surface area contributed by atoms with Gasteiger partial charge < -0.3 is 14.3 Å². The van der Waals surface area contributed by atoms with Crippen molar-refractivity contribution < 1.29 is 17.6 Å². The Hall–Kier alpha value is -4.24. The summed E-state index contributed by atoms with van der Waals surface area (Å²) in [6.07, 6.45) is 3.08. The summed E-state index contributed by atoms with van der Waals surface area (Å²) in [4.78, 5) is 21.6. The number of anilines is 1. The molecule has 0 aliphatic heterocycles. The number of fused-ring (bicyclic) bond motifs is 3. The summed E-state index contributed by atoms with van der Waals surface area (Å²) in [6.45, 7) is 4.19. The van der Waals surface area contributed by atoms with Crippen molar-refractivity contribution in [1.82, 2.24) is 14.5 Å². The Balaban J connectivity index is 1.81. The number of rotatable bonds is 6. The molecule has 3 heterocycles. The molecule has 33 heavy (non-hydrogen) atoms. The van der Waals surface area contributed by atoms with Crippen LogP contribution in [-0.4, -0.2) is 28.9 Å². The van der Waals surface area contributed by atoms with E-state index < -0.39 is 20.9 Å². The van der Waals surface area contributed by atoms with Gasteiger partial charge in [0.15, 0.2) is 5.76 Å². The molecule has 0 saturated heterocycles. The molecule has 0 bridgehead atoms. The van der Waals surface area contributed by atoms with Crippen molar-refractivity contribution >= 4 is 43.5 Å². The van der Waals surface area contributed by atoms with Crippen LogP contribution in [0.25, 0.3) is 21.9 Å². The zero-order valence-corrected chi connectivity index (χ0v) is 18.1. The van der Waals surface area contributed by atoms with Gasteiger partial charge in [-0.15, -0.1) is 6.58 Å². The molecule has 0 fully saturated rings. The summed E-state index contributed by atoms with van der Waals surface area (Å²) in [7, 11) is -4.05. The number of aromatic nitrogens is 3. The highest BCUT2D eigenvalue weighted by Gasteiger charge is 2.27. The predicted octanol–water partition coefficient (Wildman–Crippen LogP) is 4.45. The molecule has 8 nitrogen and oxygen atoms in total. The molecule has 0 radical (unpaired) electrons. The fourth-order valence-electron chi connectivity index (χ4n) is 3.71. The molecule has 0 spiro atoms. The van der Waals surface area contributed by atoms with Crippen molar-refractivity contribution in [3.63, 3.8) is 0 Å². The van der Waals surface area contributed by atoms with E-state index in [1.165, 1.54) is 24.5 Å². The van der Waals surface area contributed by atoms with Crippen LogP contribution >= 0.6 is 0 Å². The van der Waals surface area contributed by atoms with Crippen molar-refractivity contribution in [2.45, 2.75) is 16.6 Å². The van der Waals surface area contributed by atoms with Crippen LogP contribution in [0.2, 0.25) is 0 Å². The number of hydrogen-bond acceptors (Lipinski definition) is 6. The molecule has 0 aliphatic rings. The summed E-state index contributed by atoms with van der Waals surface area (Å²) in [5, 5.41) is 3.60. The second kappa shape index (κ2) is 8.03. The van der Waals surface area contributed by atoms with Gasteiger partial charge in [-0.25, -0.2) is 8.42 Å². The molecule has 0 atom stereocenters. The molecule has 9 heteroatoms. The van der Waals surface area contributed by atoms with Crippen LogP contribution in [0.15, 0.2) is 100 Å². The SMILES string of the molecule is C=CCn1c2ccccc2c2c(NC(=O)c3ccco3)nc(S(=O)(=O)c3ccccc3)nc21. The zero-order valence-electron chi connectivity index (χ0n) is 17.3. The van der Waals surface area contributed by atoms with Crippen molar-refractivity contribution in [2.24, 2.45) is 0 Å². The van der Waals surface area contributed by atoms with Crippen LogP contribution in [0.5, 0.6) is 0 Å². The van der Waals surface area contributed by atoms with Crippen molar-refractivity contribution in [1.29, 1.82) is 0 Å². The van der Waals surface area contributed by atoms with Crippen LogP contribution < -0.4 is 5.32 Å². The van der Waals surface area contributed by atoms with E-state index in [0.29, 0.717) is 17.6 Å². The fourth-order valence-corrected chi connectivity index (χ4v) is 4.86. The maximum atomic E-state index is 13.3. The van der Waals surface area contributed by atoms with E-state index in [0.717, 1.165) is 10.9 Å². The first kappa shape index (κ1) is 20.7. The van der Waals surface area contributed by atoms with Crippen LogP contribution in [0.1, 0.15) is 10.6 Å². The average Bonchev–Trinajstić information content (AvgIpc) is 3.48. The lowest BCUT2D eigenvalue weighted by atomic mass is 10.2. The molecule has 164 valence electrons. The standard InChI is InChI=1S/C24H18N4O4S/c1-2-14-28-18-12-7-6-11-17(18)20-21(25-23(29)19-13-8-15-32-19)26-24(27-22(20)28)33(30,31)16-9-4-3-5-10-16/h2-13,15H,1,14H2,(H,25,26,27,29). The minimum atomic E-state index is -4.05. The first-order valence-electron chi connectivity index (χ1n) is 10.1. The second-order valence-electron chi connectivity index (χ2n) is 7.22. The predicted molar refractivity (Wildman–Crippen MR) is 124 cm³/mol. The molecule has 1 N–H and O–H groups in total. The number of benzene rings is 2. The minimum absolute atomic E-state index is 0.0547. The van der Waals surface area contributed by atoms with E-state index in [1.807, 2.05) is 28.8 Å². The Labute approximate surface area is 189 Å². The molecule has 0 unspecified atom stereocenters. The lowest BCUT2D eigenvalue weighted by molar-refractivity contribution is 0.0996. The fraction of sp³-hybridized carbons (Fsp3) is 0.0417. The Bertz CT molecular complexity index is 1610. The van der Waals surface area contributed by atoms with Crippen LogP contribution in [0.3, 0.4) is 0 Å². The van der Waals surface area contributed by atoms with Gasteiger partial charge in [0.2, 0.25) is 9.84 Å². The summed E-state index contributed by atoms with van der Waals surface area (Å²) in [5.74, 6) is -0.400. The van der Waals surface area contributed by atoms with Gasteiger partial charge in [-0.2, -0.15) is 9.97 Å². The lowest BCUT2D eigenvalue weighted by Gasteiger charge is -2.10. The van der Waals surface area contributed by atoms with Crippen LogP contribution in [-0.2, 0) is 16.4 Å². The Kier molecular flexibility index (Phi) is 5.02. The van der Waals surface area contributed by atoms with Gasteiger partial charge in [0.05, 0.1) is 22.1 Å². The van der Waals surface area contributed by atoms with E-state index in [2.05, 4.69) is 21.9 Å². The summed E-state index contributed by atoms with van der Waals surface area (Å²) < 4.78 is 33.7. The van der Waals surface area contributed by atoms with Gasteiger partial charge in [0.25, 0.3) is 11.1 Å². The largest absolute Gasteiger partial charge is 0.459 e. The first-order valence-corrected chi connectivity index (χ1v) is 11.5. The summed E-state index contributed by atoms with van der Waals surface area (Å²) in [5.41, 5.74) is 1.18. The quantitative estimate of drug-likeness (QED) is 0.298. The van der Waals surface area contributed by atoms with Gasteiger partial charge in [-0.05, 0) is 30.3 Å². The summed E-state index contributed by atoms with van der Waals surface area (Å²) >= 11 is 0. The van der Waals surface area contributed by atoms with Gasteiger partial charge >= 0.3 is 0 Å². The van der Waals surface area contributed by atoms with E-state index >= 15 is 0 Å². The van der Waals surface area contributed by atoms with E-state index in [1.54, 1.807) is 30.3 Å². The minimum Gasteiger partial charge on any atom is -0.459 e. The van der Waals surface area contributed by atoms with Crippen LogP contribution in [0.4, 0.5) is 5.82 Å². The third-order valence-electron chi connectivity index (χ3n) is 5.17. The number of allylic oxidation sites excluding steroid dienone is 1. The molecule has 5 rings (SSSR count). The van der Waals surface area contributed by atoms with Gasteiger partial charge in [0, 0.05) is 11.9 Å². The maximum Gasteiger partial charge on any atom is 0.292 e. The zero-order chi connectivity index (χ0) is 23.0. The lowest BCUT2D eigenvalue weighted by Crippen LogP contribution is -2.16. The number of carbonyl (C=O) groups excluding carboxylic acids is 1. The Morgan fingerprint density at radius 1 is 1.03 bits per heavy atom. The molecular formula is C24H18N4O4S. The Morgan fingerprint density at radius 3 is 2.52 bits per heavy atom. The number of sulfone groups is 1. The van der Waals surface area contributed by atoms with Crippen molar-refractivity contribution in [2.75, 3.05) is 5.32 Å². The topological polar surface area (TPSA) is 107 Å². The van der Waals surface area contributed by atoms with Crippen molar-refractivity contribution in [3.8, 4) is 0 Å². The average molecular weight is 458 g/mol. The van der Waals surface area contributed by atoms with E-state index in [-0.39, 0.29) is 16.5 Å². The number of amides is 1. The third-order valence-corrected chi connectivity index (χ3v) is 6.73. The third kappa shape index (κ3) is 3.48. The number of nitrogens with zero attached hydrogens (tertiary/aromatic N) is 3. The molecule has 2 aromatic carbocycles. The smallest absolute Gasteiger partial charge is 0.292 e. The van der Waals surface area contributed by atoms with Gasteiger partial charge in [0.1, 0.15) is 11.5 Å². The molecular weight excluding hydrogens is 440 g/mol. The number of hydrogen-bond donors (Lipinski definition) is 1. The highest BCUT2D eigenvalue weighted by Crippen LogP contribution is 2.34. The number of nitrogens with one attached hydrogen (secondary N) is 1. The molecule has 3 aromatic heterocycles. The monoisotopic (exact) mass is 458 g/mol. The maximum absolute atomic E-state index is 13.3. The highest BCUT2D eigenvalue weighted by atomic mass is 32.2. The number of carbonyl (C=O) groups is 1.